The Bertz CT molecular complexity index is 278. The van der Waals surface area contributed by atoms with Crippen molar-refractivity contribution in [3.8, 4) is 0 Å². The number of nitrogens with zero attached hydrogens (tertiary/aromatic N) is 1. The molecule has 0 unspecified atom stereocenters. The summed E-state index contributed by atoms with van der Waals surface area (Å²) in [6, 6.07) is 0. The number of thiazole rings is 1. The van der Waals surface area contributed by atoms with Crippen LogP contribution in [0.25, 0.3) is 0 Å². The number of allylic oxidation sites excluding steroid dienone is 1. The van der Waals surface area contributed by atoms with Crippen LogP contribution < -0.4 is 5.32 Å². The molecule has 0 saturated heterocycles. The van der Waals surface area contributed by atoms with Crippen molar-refractivity contribution in [2.45, 2.75) is 33.1 Å². The van der Waals surface area contributed by atoms with Gasteiger partial charge in [0.25, 0.3) is 0 Å². The van der Waals surface area contributed by atoms with Crippen molar-refractivity contribution in [1.29, 1.82) is 0 Å². The standard InChI is InChI=1S/C12H20N2S/c1-3-6-13-7-4-5-11(2)8-12-9-14-10-15-12/h5,9-10,13H,3-4,6-8H2,1-2H3/b11-5-. The molecule has 0 aliphatic heterocycles. The van der Waals surface area contributed by atoms with Crippen LogP contribution in [0.4, 0.5) is 0 Å². The van der Waals surface area contributed by atoms with Crippen LogP contribution in [0.1, 0.15) is 31.6 Å². The largest absolute Gasteiger partial charge is 0.316 e. The number of hydrogen-bond donors (Lipinski definition) is 1. The van der Waals surface area contributed by atoms with E-state index in [9.17, 15) is 0 Å². The van der Waals surface area contributed by atoms with E-state index in [1.807, 2.05) is 11.7 Å². The lowest BCUT2D eigenvalue weighted by atomic mass is 10.1. The molecule has 0 aliphatic carbocycles. The summed E-state index contributed by atoms with van der Waals surface area (Å²) in [5, 5.41) is 3.39. The quantitative estimate of drug-likeness (QED) is 0.569. The van der Waals surface area contributed by atoms with E-state index in [4.69, 9.17) is 0 Å². The maximum absolute atomic E-state index is 4.07. The van der Waals surface area contributed by atoms with Gasteiger partial charge in [0, 0.05) is 17.5 Å². The molecule has 0 atom stereocenters. The summed E-state index contributed by atoms with van der Waals surface area (Å²) in [6.45, 7) is 6.60. The molecular weight excluding hydrogens is 204 g/mol. The molecule has 1 aromatic rings. The third kappa shape index (κ3) is 5.70. The normalized spacial score (nSPS) is 12.0. The fourth-order valence-corrected chi connectivity index (χ4v) is 2.09. The Labute approximate surface area is 96.4 Å². The highest BCUT2D eigenvalue weighted by Gasteiger charge is 1.95. The summed E-state index contributed by atoms with van der Waals surface area (Å²) in [5.41, 5.74) is 3.34. The Morgan fingerprint density at radius 2 is 2.40 bits per heavy atom. The molecule has 15 heavy (non-hydrogen) atoms. The lowest BCUT2D eigenvalue weighted by Gasteiger charge is -2.01. The summed E-state index contributed by atoms with van der Waals surface area (Å²) in [6.07, 6.45) is 7.67. The van der Waals surface area contributed by atoms with E-state index in [1.165, 1.54) is 16.9 Å². The number of rotatable bonds is 7. The highest BCUT2D eigenvalue weighted by atomic mass is 32.1. The molecular formula is C12H20N2S. The van der Waals surface area contributed by atoms with Gasteiger partial charge in [0.05, 0.1) is 5.51 Å². The molecule has 0 bridgehead atoms. The first-order valence-corrected chi connectivity index (χ1v) is 6.44. The van der Waals surface area contributed by atoms with Crippen molar-refractivity contribution >= 4 is 11.3 Å². The van der Waals surface area contributed by atoms with E-state index in [0.717, 1.165) is 25.9 Å². The first-order chi connectivity index (χ1) is 7.33. The molecule has 3 heteroatoms. The van der Waals surface area contributed by atoms with Crippen LogP contribution >= 0.6 is 11.3 Å². The van der Waals surface area contributed by atoms with Crippen LogP contribution in [-0.4, -0.2) is 18.1 Å². The van der Waals surface area contributed by atoms with Crippen LogP contribution in [0, 0.1) is 0 Å². The van der Waals surface area contributed by atoms with Crippen molar-refractivity contribution in [3.05, 3.63) is 28.2 Å². The van der Waals surface area contributed by atoms with E-state index in [0.29, 0.717) is 0 Å². The third-order valence-electron chi connectivity index (χ3n) is 2.18. The topological polar surface area (TPSA) is 24.9 Å². The van der Waals surface area contributed by atoms with Gasteiger partial charge in [-0.05, 0) is 32.9 Å². The first-order valence-electron chi connectivity index (χ1n) is 5.56. The first kappa shape index (κ1) is 12.4. The van der Waals surface area contributed by atoms with E-state index in [-0.39, 0.29) is 0 Å². The van der Waals surface area contributed by atoms with Crippen molar-refractivity contribution in [3.63, 3.8) is 0 Å². The summed E-state index contributed by atoms with van der Waals surface area (Å²) >= 11 is 1.73. The van der Waals surface area contributed by atoms with E-state index in [1.54, 1.807) is 11.3 Å². The van der Waals surface area contributed by atoms with Gasteiger partial charge in [-0.25, -0.2) is 0 Å². The maximum Gasteiger partial charge on any atom is 0.0794 e. The van der Waals surface area contributed by atoms with Gasteiger partial charge < -0.3 is 5.32 Å². The highest BCUT2D eigenvalue weighted by Crippen LogP contribution is 2.11. The van der Waals surface area contributed by atoms with Crippen LogP contribution in [0.5, 0.6) is 0 Å². The molecule has 84 valence electrons. The second-order valence-corrected chi connectivity index (χ2v) is 4.70. The van der Waals surface area contributed by atoms with E-state index in [2.05, 4.69) is 30.2 Å². The predicted molar refractivity (Wildman–Crippen MR) is 67.4 cm³/mol. The number of nitrogens with one attached hydrogen (secondary N) is 1. The molecule has 0 aromatic carbocycles. The Morgan fingerprint density at radius 3 is 3.07 bits per heavy atom. The zero-order valence-corrected chi connectivity index (χ0v) is 10.4. The summed E-state index contributed by atoms with van der Waals surface area (Å²) in [5.74, 6) is 0. The minimum Gasteiger partial charge on any atom is -0.316 e. The fraction of sp³-hybridized carbons (Fsp3) is 0.583. The second-order valence-electron chi connectivity index (χ2n) is 3.73. The van der Waals surface area contributed by atoms with Gasteiger partial charge in [0.15, 0.2) is 0 Å². The fourth-order valence-electron chi connectivity index (χ4n) is 1.40. The lowest BCUT2D eigenvalue weighted by Crippen LogP contribution is -2.15. The summed E-state index contributed by atoms with van der Waals surface area (Å²) < 4.78 is 0. The van der Waals surface area contributed by atoms with E-state index >= 15 is 0 Å². The molecule has 1 heterocycles. The SMILES string of the molecule is CCCNCC/C=C(/C)Cc1cncs1. The number of hydrogen-bond acceptors (Lipinski definition) is 3. The van der Waals surface area contributed by atoms with Gasteiger partial charge in [-0.1, -0.05) is 18.6 Å². The minimum absolute atomic E-state index is 1.05. The molecule has 1 aromatic heterocycles. The average molecular weight is 224 g/mol. The smallest absolute Gasteiger partial charge is 0.0794 e. The molecule has 0 fully saturated rings. The van der Waals surface area contributed by atoms with Crippen molar-refractivity contribution < 1.29 is 0 Å². The van der Waals surface area contributed by atoms with Crippen LogP contribution in [0.15, 0.2) is 23.4 Å². The van der Waals surface area contributed by atoms with Gasteiger partial charge in [-0.3, -0.25) is 4.98 Å². The van der Waals surface area contributed by atoms with Crippen LogP contribution in [0.3, 0.4) is 0 Å². The maximum atomic E-state index is 4.07. The molecule has 0 aliphatic rings. The van der Waals surface area contributed by atoms with Crippen LogP contribution in [0.2, 0.25) is 0 Å². The minimum atomic E-state index is 1.05. The molecule has 0 amide bonds. The molecule has 0 radical (unpaired) electrons. The van der Waals surface area contributed by atoms with Gasteiger partial charge in [0.1, 0.15) is 0 Å². The van der Waals surface area contributed by atoms with Crippen LogP contribution in [-0.2, 0) is 6.42 Å². The van der Waals surface area contributed by atoms with Crippen molar-refractivity contribution in [2.75, 3.05) is 13.1 Å². The zero-order chi connectivity index (χ0) is 10.9. The zero-order valence-electron chi connectivity index (χ0n) is 9.62. The van der Waals surface area contributed by atoms with Gasteiger partial charge in [-0.2, -0.15) is 0 Å². The molecule has 1 N–H and O–H groups in total. The van der Waals surface area contributed by atoms with E-state index < -0.39 is 0 Å². The Morgan fingerprint density at radius 1 is 1.53 bits per heavy atom. The second kappa shape index (κ2) is 7.60. The molecule has 0 spiro atoms. The predicted octanol–water partition coefficient (Wildman–Crippen LogP) is 3.02. The Balaban J connectivity index is 2.16. The monoisotopic (exact) mass is 224 g/mol. The lowest BCUT2D eigenvalue weighted by molar-refractivity contribution is 0.677. The molecule has 0 saturated carbocycles. The molecule has 2 nitrogen and oxygen atoms in total. The summed E-state index contributed by atoms with van der Waals surface area (Å²) in [4.78, 5) is 5.43. The van der Waals surface area contributed by atoms with Crippen molar-refractivity contribution in [1.82, 2.24) is 10.3 Å². The van der Waals surface area contributed by atoms with Gasteiger partial charge in [0.2, 0.25) is 0 Å². The number of aromatic nitrogens is 1. The van der Waals surface area contributed by atoms with Gasteiger partial charge in [-0.15, -0.1) is 11.3 Å². The average Bonchev–Trinajstić information content (AvgIpc) is 2.70. The Hall–Kier alpha value is -0.670. The Kier molecular flexibility index (Phi) is 6.28. The third-order valence-corrected chi connectivity index (χ3v) is 2.96. The molecule has 1 rings (SSSR count). The van der Waals surface area contributed by atoms with Gasteiger partial charge >= 0.3 is 0 Å². The highest BCUT2D eigenvalue weighted by molar-refractivity contribution is 7.09. The summed E-state index contributed by atoms with van der Waals surface area (Å²) in [7, 11) is 0. The van der Waals surface area contributed by atoms with Crippen molar-refractivity contribution in [2.24, 2.45) is 0 Å².